The number of aryl methyl sites for hydroxylation is 1. The summed E-state index contributed by atoms with van der Waals surface area (Å²) in [5.74, 6) is 0.803. The van der Waals surface area contributed by atoms with Crippen LogP contribution in [0.2, 0.25) is 0 Å². The quantitative estimate of drug-likeness (QED) is 0.896. The van der Waals surface area contributed by atoms with E-state index in [9.17, 15) is 0 Å². The number of hydrogen-bond donors (Lipinski definition) is 1. The van der Waals surface area contributed by atoms with Crippen LogP contribution in [0.3, 0.4) is 0 Å². The van der Waals surface area contributed by atoms with Gasteiger partial charge in [-0.3, -0.25) is 0 Å². The van der Waals surface area contributed by atoms with Crippen molar-refractivity contribution in [2.45, 2.75) is 26.3 Å². The maximum atomic E-state index is 4.30. The van der Waals surface area contributed by atoms with Crippen molar-refractivity contribution in [2.75, 3.05) is 5.32 Å². The lowest BCUT2D eigenvalue weighted by Crippen LogP contribution is -2.27. The van der Waals surface area contributed by atoms with Crippen molar-refractivity contribution in [1.29, 1.82) is 0 Å². The van der Waals surface area contributed by atoms with Gasteiger partial charge in [0.05, 0.1) is 5.54 Å². The fourth-order valence-electron chi connectivity index (χ4n) is 1.20. The molecule has 1 N–H and O–H groups in total. The first-order valence-corrected chi connectivity index (χ1v) is 6.22. The predicted molar refractivity (Wildman–Crippen MR) is 63.4 cm³/mol. The number of hydrogen-bond acceptors (Lipinski definition) is 6. The molecule has 0 aromatic carbocycles. The van der Waals surface area contributed by atoms with Crippen LogP contribution in [0.5, 0.6) is 0 Å². The molecular weight excluding hydrogens is 228 g/mol. The highest BCUT2D eigenvalue weighted by Crippen LogP contribution is 2.27. The van der Waals surface area contributed by atoms with Gasteiger partial charge in [0.1, 0.15) is 10.8 Å². The Morgan fingerprint density at radius 1 is 1.40 bits per heavy atom. The number of aromatic nitrogens is 3. The molecule has 4 nitrogen and oxygen atoms in total. The molecule has 0 unspecified atom stereocenters. The van der Waals surface area contributed by atoms with Gasteiger partial charge < -0.3 is 5.32 Å². The molecule has 0 saturated carbocycles. The van der Waals surface area contributed by atoms with Crippen molar-refractivity contribution < 1.29 is 0 Å². The third-order valence-corrected chi connectivity index (χ3v) is 3.73. The topological polar surface area (TPSA) is 50.7 Å². The molecule has 15 heavy (non-hydrogen) atoms. The maximum Gasteiger partial charge on any atom is 0.203 e. The largest absolute Gasteiger partial charge is 0.349 e. The van der Waals surface area contributed by atoms with E-state index in [0.29, 0.717) is 0 Å². The van der Waals surface area contributed by atoms with Gasteiger partial charge in [-0.15, -0.1) is 11.3 Å². The Labute approximate surface area is 96.6 Å². The van der Waals surface area contributed by atoms with Gasteiger partial charge in [0.25, 0.3) is 0 Å². The average molecular weight is 240 g/mol. The average Bonchev–Trinajstić information content (AvgIpc) is 2.75. The van der Waals surface area contributed by atoms with Gasteiger partial charge in [-0.2, -0.15) is 4.37 Å². The van der Waals surface area contributed by atoms with E-state index in [1.807, 2.05) is 18.5 Å². The third kappa shape index (κ3) is 2.32. The molecule has 0 aliphatic rings. The molecule has 0 aliphatic carbocycles. The summed E-state index contributed by atoms with van der Waals surface area (Å²) in [6.45, 7) is 6.06. The van der Waals surface area contributed by atoms with Crippen molar-refractivity contribution in [1.82, 2.24) is 14.3 Å². The van der Waals surface area contributed by atoms with Gasteiger partial charge in [0, 0.05) is 23.1 Å². The highest BCUT2D eigenvalue weighted by molar-refractivity contribution is 7.10. The van der Waals surface area contributed by atoms with E-state index in [1.54, 1.807) is 11.3 Å². The van der Waals surface area contributed by atoms with Gasteiger partial charge >= 0.3 is 0 Å². The van der Waals surface area contributed by atoms with Crippen LogP contribution >= 0.6 is 22.9 Å². The third-order valence-electron chi connectivity index (χ3n) is 1.91. The molecule has 2 rings (SSSR count). The minimum atomic E-state index is -0.194. The molecule has 0 spiro atoms. The molecule has 0 amide bonds. The highest BCUT2D eigenvalue weighted by atomic mass is 32.1. The van der Waals surface area contributed by atoms with Crippen molar-refractivity contribution >= 4 is 28.0 Å². The zero-order valence-electron chi connectivity index (χ0n) is 8.81. The van der Waals surface area contributed by atoms with Gasteiger partial charge in [-0.25, -0.2) is 9.97 Å². The minimum absolute atomic E-state index is 0.194. The first-order valence-electron chi connectivity index (χ1n) is 4.56. The van der Waals surface area contributed by atoms with Crippen LogP contribution in [0.1, 0.15) is 24.7 Å². The Morgan fingerprint density at radius 3 is 2.73 bits per heavy atom. The van der Waals surface area contributed by atoms with E-state index in [-0.39, 0.29) is 5.54 Å². The van der Waals surface area contributed by atoms with Crippen LogP contribution in [0.25, 0.3) is 0 Å². The molecule has 80 valence electrons. The molecule has 0 aliphatic heterocycles. The van der Waals surface area contributed by atoms with Crippen molar-refractivity contribution in [2.24, 2.45) is 0 Å². The fraction of sp³-hybridized carbons (Fsp3) is 0.444. The van der Waals surface area contributed by atoms with Crippen LogP contribution in [0.15, 0.2) is 11.6 Å². The highest BCUT2D eigenvalue weighted by Gasteiger charge is 2.24. The summed E-state index contributed by atoms with van der Waals surface area (Å²) in [6, 6.07) is 0. The Bertz CT molecular complexity index is 433. The van der Waals surface area contributed by atoms with Crippen LogP contribution < -0.4 is 5.32 Å². The summed E-state index contributed by atoms with van der Waals surface area (Å²) in [5.41, 5.74) is -0.194. The van der Waals surface area contributed by atoms with Gasteiger partial charge in [-0.05, 0) is 20.8 Å². The molecule has 0 radical (unpaired) electrons. The number of rotatable bonds is 3. The summed E-state index contributed by atoms with van der Waals surface area (Å²) >= 11 is 3.02. The van der Waals surface area contributed by atoms with Crippen LogP contribution in [-0.2, 0) is 5.54 Å². The van der Waals surface area contributed by atoms with Gasteiger partial charge in [0.2, 0.25) is 5.13 Å². The lowest BCUT2D eigenvalue weighted by atomic mass is 10.1. The van der Waals surface area contributed by atoms with Gasteiger partial charge in [0.15, 0.2) is 0 Å². The molecule has 2 aromatic heterocycles. The minimum Gasteiger partial charge on any atom is -0.349 e. The molecule has 0 fully saturated rings. The zero-order valence-corrected chi connectivity index (χ0v) is 10.4. The van der Waals surface area contributed by atoms with Crippen LogP contribution in [0, 0.1) is 6.92 Å². The van der Waals surface area contributed by atoms with Crippen molar-refractivity contribution in [3.05, 3.63) is 22.4 Å². The van der Waals surface area contributed by atoms with E-state index >= 15 is 0 Å². The van der Waals surface area contributed by atoms with Gasteiger partial charge in [-0.1, -0.05) is 0 Å². The van der Waals surface area contributed by atoms with E-state index < -0.39 is 0 Å². The van der Waals surface area contributed by atoms with E-state index in [0.717, 1.165) is 16.0 Å². The number of anilines is 1. The summed E-state index contributed by atoms with van der Waals surface area (Å²) in [5, 5.41) is 7.20. The Kier molecular flexibility index (Phi) is 2.70. The molecule has 2 heterocycles. The molecule has 0 atom stereocenters. The van der Waals surface area contributed by atoms with Crippen molar-refractivity contribution in [3.63, 3.8) is 0 Å². The smallest absolute Gasteiger partial charge is 0.203 e. The Morgan fingerprint density at radius 2 is 2.20 bits per heavy atom. The monoisotopic (exact) mass is 240 g/mol. The van der Waals surface area contributed by atoms with Crippen LogP contribution in [-0.4, -0.2) is 14.3 Å². The number of nitrogens with zero attached hydrogens (tertiary/aromatic N) is 3. The van der Waals surface area contributed by atoms with E-state index in [2.05, 4.69) is 33.5 Å². The second-order valence-corrected chi connectivity index (χ2v) is 5.38. The summed E-state index contributed by atoms with van der Waals surface area (Å²) < 4.78 is 4.13. The van der Waals surface area contributed by atoms with E-state index in [4.69, 9.17) is 0 Å². The number of nitrogens with one attached hydrogen (secondary N) is 1. The predicted octanol–water partition coefficient (Wildman–Crippen LogP) is 2.65. The standard InChI is InChI=1S/C9H12N4S2/c1-6-11-8(15-13-6)12-9(2,3)7-10-4-5-14-7/h4-5H,1-3H3,(H,11,12,13). The zero-order chi connectivity index (χ0) is 10.9. The first kappa shape index (κ1) is 10.5. The normalized spacial score (nSPS) is 11.7. The second kappa shape index (κ2) is 3.86. The fourth-order valence-corrected chi connectivity index (χ4v) is 2.65. The molecule has 6 heteroatoms. The molecule has 0 saturated heterocycles. The maximum absolute atomic E-state index is 4.30. The molecule has 2 aromatic rings. The Balaban J connectivity index is 2.18. The van der Waals surface area contributed by atoms with Crippen molar-refractivity contribution in [3.8, 4) is 0 Å². The molecule has 0 bridgehead atoms. The molecular formula is C9H12N4S2. The Hall–Kier alpha value is -1.01. The lowest BCUT2D eigenvalue weighted by molar-refractivity contribution is 0.603. The summed E-state index contributed by atoms with van der Waals surface area (Å²) in [6.07, 6.45) is 1.81. The van der Waals surface area contributed by atoms with Crippen LogP contribution in [0.4, 0.5) is 5.13 Å². The SMILES string of the molecule is Cc1nsc(NC(C)(C)c2nccs2)n1. The lowest BCUT2D eigenvalue weighted by Gasteiger charge is -2.22. The van der Waals surface area contributed by atoms with E-state index in [1.165, 1.54) is 11.5 Å². The first-order chi connectivity index (χ1) is 7.08. The second-order valence-electron chi connectivity index (χ2n) is 3.73. The summed E-state index contributed by atoms with van der Waals surface area (Å²) in [7, 11) is 0. The summed E-state index contributed by atoms with van der Waals surface area (Å²) in [4.78, 5) is 8.58. The number of thiazole rings is 1.